The number of carbonyl (C=O) groups is 3. The van der Waals surface area contributed by atoms with Crippen molar-refractivity contribution in [2.24, 2.45) is 0 Å². The van der Waals surface area contributed by atoms with Crippen molar-refractivity contribution < 1.29 is 24.2 Å². The average Bonchev–Trinajstić information content (AvgIpc) is 2.97. The first-order valence-electron chi connectivity index (χ1n) is 8.81. The van der Waals surface area contributed by atoms with Crippen LogP contribution in [0.5, 0.6) is 0 Å². The molecular weight excluding hydrogens is 388 g/mol. The summed E-state index contributed by atoms with van der Waals surface area (Å²) in [6.07, 6.45) is 6.41. The summed E-state index contributed by atoms with van der Waals surface area (Å²) in [6.45, 7) is 6.19. The lowest BCUT2D eigenvalue weighted by molar-refractivity contribution is -0.136. The highest BCUT2D eigenvalue weighted by atomic mass is 33.1. The van der Waals surface area contributed by atoms with Crippen LogP contribution in [-0.2, 0) is 14.3 Å². The molecule has 0 spiro atoms. The van der Waals surface area contributed by atoms with Gasteiger partial charge in [0.15, 0.2) is 0 Å². The largest absolute Gasteiger partial charge is 0.481 e. The van der Waals surface area contributed by atoms with E-state index in [1.807, 2.05) is 0 Å². The first-order chi connectivity index (χ1) is 12.6. The van der Waals surface area contributed by atoms with E-state index in [0.717, 1.165) is 0 Å². The minimum atomic E-state index is -1.07. The molecule has 1 fully saturated rings. The van der Waals surface area contributed by atoms with Crippen LogP contribution in [0.4, 0.5) is 4.79 Å². The number of ether oxygens (including phenoxy) is 1. The highest BCUT2D eigenvalue weighted by Gasteiger charge is 2.50. The molecule has 1 rings (SSSR count). The van der Waals surface area contributed by atoms with Gasteiger partial charge in [-0.3, -0.25) is 14.5 Å². The van der Waals surface area contributed by atoms with E-state index in [0.29, 0.717) is 37.4 Å². The number of hydrogen-bond acceptors (Lipinski definition) is 6. The molecule has 9 heteroatoms. The summed E-state index contributed by atoms with van der Waals surface area (Å²) in [5.74, 6) is 2.59. The van der Waals surface area contributed by atoms with E-state index in [4.69, 9.17) is 16.3 Å². The van der Waals surface area contributed by atoms with Crippen molar-refractivity contribution in [2.75, 3.05) is 24.6 Å². The van der Waals surface area contributed by atoms with E-state index < -0.39 is 23.2 Å². The Kier molecular flexibility index (Phi) is 9.33. The van der Waals surface area contributed by atoms with E-state index >= 15 is 0 Å². The summed E-state index contributed by atoms with van der Waals surface area (Å²) >= 11 is 0. The molecule has 7 nitrogen and oxygen atoms in total. The molecule has 1 saturated heterocycles. The summed E-state index contributed by atoms with van der Waals surface area (Å²) in [5.41, 5.74) is -1.72. The molecule has 1 heterocycles. The average molecular weight is 417 g/mol. The van der Waals surface area contributed by atoms with Crippen molar-refractivity contribution in [3.63, 3.8) is 0 Å². The van der Waals surface area contributed by atoms with Crippen LogP contribution in [0.2, 0.25) is 0 Å². The zero-order valence-electron chi connectivity index (χ0n) is 16.1. The van der Waals surface area contributed by atoms with Gasteiger partial charge in [0, 0.05) is 31.0 Å². The molecule has 0 radical (unpaired) electrons. The molecule has 152 valence electrons. The number of carboxylic acids is 1. The van der Waals surface area contributed by atoms with Crippen molar-refractivity contribution in [1.29, 1.82) is 0 Å². The summed E-state index contributed by atoms with van der Waals surface area (Å²) in [5, 5.41) is 11.5. The number of terminal acetylenes is 1. The fourth-order valence-corrected chi connectivity index (χ4v) is 4.63. The molecule has 0 aromatic heterocycles. The standard InChI is InChI=1S/C18H28N2O5S2/c1-5-8-18(9-6-11-20(18)16(24)25-17(2,3)4)15(23)19-10-13-27-26-12-7-14(21)22/h1H,6-13H2,2-4H3,(H,19,23)(H,21,22). The third-order valence-electron chi connectivity index (χ3n) is 3.87. The molecule has 1 aliphatic rings. The molecular formula is C18H28N2O5S2. The Labute approximate surface area is 168 Å². The maximum Gasteiger partial charge on any atom is 0.411 e. The van der Waals surface area contributed by atoms with Crippen molar-refractivity contribution in [3.8, 4) is 12.3 Å². The Morgan fingerprint density at radius 3 is 2.56 bits per heavy atom. The Morgan fingerprint density at radius 2 is 1.96 bits per heavy atom. The number of likely N-dealkylation sites (tertiary alicyclic amines) is 1. The Bertz CT molecular complexity index is 585. The molecule has 0 bridgehead atoms. The lowest BCUT2D eigenvalue weighted by Crippen LogP contribution is -2.58. The molecule has 0 aromatic carbocycles. The first kappa shape index (κ1) is 23.5. The number of aliphatic carboxylic acids is 1. The van der Waals surface area contributed by atoms with Crippen molar-refractivity contribution in [3.05, 3.63) is 0 Å². The maximum atomic E-state index is 12.9. The normalized spacial score (nSPS) is 19.4. The van der Waals surface area contributed by atoms with Gasteiger partial charge in [-0.25, -0.2) is 4.79 Å². The molecule has 2 amide bonds. The summed E-state index contributed by atoms with van der Waals surface area (Å²) in [7, 11) is 2.95. The van der Waals surface area contributed by atoms with Gasteiger partial charge in [0.05, 0.1) is 6.42 Å². The zero-order valence-corrected chi connectivity index (χ0v) is 17.7. The summed E-state index contributed by atoms with van der Waals surface area (Å²) < 4.78 is 5.45. The van der Waals surface area contributed by atoms with E-state index in [9.17, 15) is 14.4 Å². The molecule has 0 saturated carbocycles. The number of carboxylic acid groups (broad SMARTS) is 1. The van der Waals surface area contributed by atoms with Crippen molar-refractivity contribution in [2.45, 2.75) is 57.6 Å². The third-order valence-corrected chi connectivity index (χ3v) is 6.28. The van der Waals surface area contributed by atoms with Gasteiger partial charge in [-0.15, -0.1) is 12.3 Å². The number of nitrogens with zero attached hydrogens (tertiary/aromatic N) is 1. The van der Waals surface area contributed by atoms with Gasteiger partial charge in [0.1, 0.15) is 11.1 Å². The van der Waals surface area contributed by atoms with Gasteiger partial charge in [-0.05, 0) is 33.6 Å². The van der Waals surface area contributed by atoms with Gasteiger partial charge in [0.25, 0.3) is 0 Å². The quantitative estimate of drug-likeness (QED) is 0.339. The van der Waals surface area contributed by atoms with Crippen LogP contribution in [0, 0.1) is 12.3 Å². The van der Waals surface area contributed by atoms with E-state index in [2.05, 4.69) is 11.2 Å². The molecule has 0 aliphatic carbocycles. The fraction of sp³-hybridized carbons (Fsp3) is 0.722. The zero-order chi connectivity index (χ0) is 20.5. The third kappa shape index (κ3) is 7.54. The second-order valence-corrected chi connectivity index (χ2v) is 9.89. The molecule has 1 atom stereocenters. The Balaban J connectivity index is 2.61. The van der Waals surface area contributed by atoms with Crippen molar-refractivity contribution in [1.82, 2.24) is 10.2 Å². The van der Waals surface area contributed by atoms with Crippen LogP contribution in [-0.4, -0.2) is 63.7 Å². The van der Waals surface area contributed by atoms with Crippen LogP contribution in [0.25, 0.3) is 0 Å². The molecule has 0 aromatic rings. The summed E-state index contributed by atoms with van der Waals surface area (Å²) in [6, 6.07) is 0. The topological polar surface area (TPSA) is 95.9 Å². The van der Waals surface area contributed by atoms with Crippen LogP contribution >= 0.6 is 21.6 Å². The van der Waals surface area contributed by atoms with Crippen LogP contribution in [0.1, 0.15) is 46.5 Å². The number of rotatable bonds is 9. The maximum absolute atomic E-state index is 12.9. The molecule has 1 aliphatic heterocycles. The Morgan fingerprint density at radius 1 is 1.30 bits per heavy atom. The predicted molar refractivity (Wildman–Crippen MR) is 109 cm³/mol. The Hall–Kier alpha value is -1.53. The van der Waals surface area contributed by atoms with Crippen LogP contribution in [0.3, 0.4) is 0 Å². The van der Waals surface area contributed by atoms with Gasteiger partial charge in [0.2, 0.25) is 5.91 Å². The highest BCUT2D eigenvalue weighted by Crippen LogP contribution is 2.34. The second kappa shape index (κ2) is 10.7. The monoisotopic (exact) mass is 416 g/mol. The van der Waals surface area contributed by atoms with Gasteiger partial charge in [-0.2, -0.15) is 0 Å². The number of amides is 2. The summed E-state index contributed by atoms with van der Waals surface area (Å²) in [4.78, 5) is 37.3. The van der Waals surface area contributed by atoms with E-state index in [-0.39, 0.29) is 18.7 Å². The number of nitrogens with one attached hydrogen (secondary N) is 1. The van der Waals surface area contributed by atoms with Gasteiger partial charge < -0.3 is 15.2 Å². The van der Waals surface area contributed by atoms with E-state index in [1.54, 1.807) is 20.8 Å². The van der Waals surface area contributed by atoms with Crippen LogP contribution < -0.4 is 5.32 Å². The predicted octanol–water partition coefficient (Wildman–Crippen LogP) is 2.75. The molecule has 1 unspecified atom stereocenters. The first-order valence-corrected chi connectivity index (χ1v) is 11.3. The van der Waals surface area contributed by atoms with E-state index in [1.165, 1.54) is 26.5 Å². The lowest BCUT2D eigenvalue weighted by atomic mass is 9.91. The van der Waals surface area contributed by atoms with Crippen LogP contribution in [0.15, 0.2) is 0 Å². The van der Waals surface area contributed by atoms with Crippen molar-refractivity contribution >= 4 is 39.6 Å². The minimum Gasteiger partial charge on any atom is -0.481 e. The smallest absolute Gasteiger partial charge is 0.411 e. The second-order valence-electron chi connectivity index (χ2n) is 7.19. The molecule has 27 heavy (non-hydrogen) atoms. The minimum absolute atomic E-state index is 0.111. The van der Waals surface area contributed by atoms with Gasteiger partial charge >= 0.3 is 12.1 Å². The van der Waals surface area contributed by atoms with Gasteiger partial charge in [-0.1, -0.05) is 21.6 Å². The number of carbonyl (C=O) groups excluding carboxylic acids is 2. The fourth-order valence-electron chi connectivity index (χ4n) is 2.75. The lowest BCUT2D eigenvalue weighted by Gasteiger charge is -2.36. The SMILES string of the molecule is C#CCC1(C(=O)NCCSSCCC(=O)O)CCCN1C(=O)OC(C)(C)C. The molecule has 2 N–H and O–H groups in total. The number of hydrogen-bond donors (Lipinski definition) is 2. The highest BCUT2D eigenvalue weighted by molar-refractivity contribution is 8.76.